The van der Waals surface area contributed by atoms with E-state index in [4.69, 9.17) is 0 Å². The highest BCUT2D eigenvalue weighted by atomic mass is 32.2. The predicted octanol–water partition coefficient (Wildman–Crippen LogP) is 2.24. The number of hydrogen-bond acceptors (Lipinski definition) is 4. The molecule has 0 spiro atoms. The van der Waals surface area contributed by atoms with Crippen LogP contribution in [-0.4, -0.2) is 32.8 Å². The van der Waals surface area contributed by atoms with Crippen molar-refractivity contribution in [1.29, 1.82) is 0 Å². The van der Waals surface area contributed by atoms with Crippen molar-refractivity contribution < 1.29 is 17.2 Å². The molecular weight excluding hydrogens is 286 g/mol. The third-order valence-electron chi connectivity index (χ3n) is 3.53. The van der Waals surface area contributed by atoms with Gasteiger partial charge in [-0.15, -0.1) is 0 Å². The van der Waals surface area contributed by atoms with Crippen LogP contribution in [0.3, 0.4) is 0 Å². The van der Waals surface area contributed by atoms with E-state index in [0.717, 1.165) is 19.4 Å². The molecule has 0 amide bonds. The Morgan fingerprint density at radius 2 is 2.05 bits per heavy atom. The summed E-state index contributed by atoms with van der Waals surface area (Å²) < 4.78 is 48.8. The largest absolute Gasteiger partial charge is 0.380 e. The van der Waals surface area contributed by atoms with Crippen LogP contribution in [0, 0.1) is 0 Å². The maximum atomic E-state index is 12.7. The van der Waals surface area contributed by atoms with Crippen LogP contribution < -0.4 is 10.6 Å². The van der Waals surface area contributed by atoms with Crippen molar-refractivity contribution in [2.75, 3.05) is 11.9 Å². The van der Waals surface area contributed by atoms with Gasteiger partial charge >= 0.3 is 5.76 Å². The van der Waals surface area contributed by atoms with Crippen molar-refractivity contribution in [2.24, 2.45) is 0 Å². The van der Waals surface area contributed by atoms with Gasteiger partial charge in [0.1, 0.15) is 0 Å². The summed E-state index contributed by atoms with van der Waals surface area (Å²) in [5, 5.41) is 6.36. The summed E-state index contributed by atoms with van der Waals surface area (Å²) in [6.07, 6.45) is 1.84. The van der Waals surface area contributed by atoms with Crippen molar-refractivity contribution in [3.8, 4) is 0 Å². The summed E-state index contributed by atoms with van der Waals surface area (Å²) in [5.74, 6) is -3.41. The summed E-state index contributed by atoms with van der Waals surface area (Å²) in [6, 6.07) is 6.00. The molecule has 1 aromatic rings. The fraction of sp³-hybridized carbons (Fsp3) is 0.538. The molecule has 7 heteroatoms. The first-order chi connectivity index (χ1) is 9.43. The number of nitrogens with one attached hydrogen (secondary N) is 2. The molecule has 0 saturated carbocycles. The fourth-order valence-electron chi connectivity index (χ4n) is 2.37. The number of sulfone groups is 1. The third-order valence-corrected chi connectivity index (χ3v) is 4.97. The average Bonchev–Trinajstić information content (AvgIpc) is 2.41. The number of hydrogen-bond donors (Lipinski definition) is 2. The van der Waals surface area contributed by atoms with E-state index in [1.165, 1.54) is 18.2 Å². The van der Waals surface area contributed by atoms with E-state index in [1.807, 2.05) is 6.92 Å². The molecule has 2 N–H and O–H groups in total. The lowest BCUT2D eigenvalue weighted by atomic mass is 9.99. The predicted molar refractivity (Wildman–Crippen MR) is 73.7 cm³/mol. The van der Waals surface area contributed by atoms with E-state index in [0.29, 0.717) is 0 Å². The zero-order valence-electron chi connectivity index (χ0n) is 11.1. The minimum Gasteiger partial charge on any atom is -0.380 e. The zero-order chi connectivity index (χ0) is 14.8. The lowest BCUT2D eigenvalue weighted by Gasteiger charge is -2.32. The summed E-state index contributed by atoms with van der Waals surface area (Å²) in [5.41, 5.74) is 0.244. The van der Waals surface area contributed by atoms with Gasteiger partial charge in [0, 0.05) is 12.1 Å². The van der Waals surface area contributed by atoms with Gasteiger partial charge < -0.3 is 10.6 Å². The second-order valence-corrected chi connectivity index (χ2v) is 6.82. The summed E-state index contributed by atoms with van der Waals surface area (Å²) in [4.78, 5) is -0.340. The molecule has 1 heterocycles. The molecule has 4 nitrogen and oxygen atoms in total. The first-order valence-electron chi connectivity index (χ1n) is 6.54. The zero-order valence-corrected chi connectivity index (χ0v) is 12.0. The van der Waals surface area contributed by atoms with E-state index in [1.54, 1.807) is 6.07 Å². The van der Waals surface area contributed by atoms with E-state index in [2.05, 4.69) is 10.6 Å². The molecule has 0 bridgehead atoms. The van der Waals surface area contributed by atoms with Gasteiger partial charge in [0.2, 0.25) is 9.84 Å². The Labute approximate surface area is 117 Å². The normalized spacial score (nSPS) is 23.8. The van der Waals surface area contributed by atoms with Gasteiger partial charge in [-0.1, -0.05) is 12.1 Å². The smallest absolute Gasteiger partial charge is 0.341 e. The SMILES string of the molecule is CC1NCCCC1Nc1ccccc1S(=O)(=O)C(F)F. The van der Waals surface area contributed by atoms with E-state index in [-0.39, 0.29) is 22.7 Å². The molecule has 2 rings (SSSR count). The minimum absolute atomic E-state index is 0.0257. The second-order valence-electron chi connectivity index (χ2n) is 4.94. The molecule has 2 unspecified atom stereocenters. The molecular formula is C13H18F2N2O2S. The summed E-state index contributed by atoms with van der Waals surface area (Å²) in [6.45, 7) is 2.90. The Balaban J connectivity index is 2.29. The van der Waals surface area contributed by atoms with E-state index >= 15 is 0 Å². The van der Waals surface area contributed by atoms with Crippen LogP contribution in [0.5, 0.6) is 0 Å². The molecule has 20 heavy (non-hydrogen) atoms. The molecule has 1 aliphatic heterocycles. The molecule has 1 fully saturated rings. The van der Waals surface area contributed by atoms with Crippen LogP contribution >= 0.6 is 0 Å². The van der Waals surface area contributed by atoms with Gasteiger partial charge in [-0.25, -0.2) is 8.42 Å². The number of rotatable bonds is 4. The van der Waals surface area contributed by atoms with Gasteiger partial charge in [-0.2, -0.15) is 8.78 Å². The Morgan fingerprint density at radius 1 is 1.35 bits per heavy atom. The molecule has 112 valence electrons. The van der Waals surface area contributed by atoms with Crippen LogP contribution in [0.15, 0.2) is 29.2 Å². The quantitative estimate of drug-likeness (QED) is 0.895. The number of para-hydroxylation sites is 1. The highest BCUT2D eigenvalue weighted by Crippen LogP contribution is 2.27. The number of benzene rings is 1. The lowest BCUT2D eigenvalue weighted by molar-refractivity contribution is 0.235. The van der Waals surface area contributed by atoms with Gasteiger partial charge in [0.15, 0.2) is 0 Å². The van der Waals surface area contributed by atoms with Crippen LogP contribution in [0.4, 0.5) is 14.5 Å². The molecule has 0 aliphatic carbocycles. The molecule has 1 saturated heterocycles. The standard InChI is InChI=1S/C13H18F2N2O2S/c1-9-10(6-4-8-16-9)17-11-5-2-3-7-12(11)20(18,19)13(14)15/h2-3,5,7,9-10,13,16-17H,4,6,8H2,1H3. The third kappa shape index (κ3) is 3.09. The fourth-order valence-corrected chi connectivity index (χ4v) is 3.26. The molecule has 1 aromatic carbocycles. The van der Waals surface area contributed by atoms with Crippen molar-refractivity contribution in [3.05, 3.63) is 24.3 Å². The Bertz CT molecular complexity index is 563. The van der Waals surface area contributed by atoms with Crippen molar-refractivity contribution in [3.63, 3.8) is 0 Å². The van der Waals surface area contributed by atoms with Crippen LogP contribution in [0.1, 0.15) is 19.8 Å². The molecule has 2 atom stereocenters. The lowest BCUT2D eigenvalue weighted by Crippen LogP contribution is -2.46. The summed E-state index contributed by atoms with van der Waals surface area (Å²) >= 11 is 0. The molecule has 0 aromatic heterocycles. The van der Waals surface area contributed by atoms with Crippen LogP contribution in [0.2, 0.25) is 0 Å². The van der Waals surface area contributed by atoms with E-state index in [9.17, 15) is 17.2 Å². The highest BCUT2D eigenvalue weighted by Gasteiger charge is 2.30. The van der Waals surface area contributed by atoms with Gasteiger partial charge in [0.25, 0.3) is 0 Å². The minimum atomic E-state index is -4.59. The average molecular weight is 304 g/mol. The van der Waals surface area contributed by atoms with Crippen molar-refractivity contribution >= 4 is 15.5 Å². The van der Waals surface area contributed by atoms with Gasteiger partial charge in [-0.05, 0) is 38.4 Å². The van der Waals surface area contributed by atoms with Gasteiger partial charge in [-0.3, -0.25) is 0 Å². The molecule has 1 aliphatic rings. The van der Waals surface area contributed by atoms with Crippen LogP contribution in [0.25, 0.3) is 0 Å². The maximum absolute atomic E-state index is 12.7. The van der Waals surface area contributed by atoms with Crippen LogP contribution in [-0.2, 0) is 9.84 Å². The number of halogens is 2. The Hall–Kier alpha value is -1.21. The first kappa shape index (κ1) is 15.2. The number of alkyl halides is 2. The Morgan fingerprint density at radius 3 is 2.70 bits per heavy atom. The molecule has 0 radical (unpaired) electrons. The first-order valence-corrected chi connectivity index (χ1v) is 8.08. The Kier molecular flexibility index (Phi) is 4.59. The second kappa shape index (κ2) is 6.05. The number of piperidine rings is 1. The monoisotopic (exact) mass is 304 g/mol. The van der Waals surface area contributed by atoms with Crippen molar-refractivity contribution in [1.82, 2.24) is 5.32 Å². The topological polar surface area (TPSA) is 58.2 Å². The van der Waals surface area contributed by atoms with E-state index < -0.39 is 15.6 Å². The highest BCUT2D eigenvalue weighted by molar-refractivity contribution is 7.91. The van der Waals surface area contributed by atoms with Crippen molar-refractivity contribution in [2.45, 2.75) is 42.5 Å². The van der Waals surface area contributed by atoms with Gasteiger partial charge in [0.05, 0.1) is 10.6 Å². The number of anilines is 1. The maximum Gasteiger partial charge on any atom is 0.341 e. The summed E-state index contributed by atoms with van der Waals surface area (Å²) in [7, 11) is -4.59.